The van der Waals surface area contributed by atoms with Crippen LogP contribution < -0.4 is 0 Å². The molecule has 4 nitrogen and oxygen atoms in total. The van der Waals surface area contributed by atoms with Crippen molar-refractivity contribution in [3.8, 4) is 0 Å². The fourth-order valence-electron chi connectivity index (χ4n) is 2.04. The van der Waals surface area contributed by atoms with Crippen molar-refractivity contribution in [2.75, 3.05) is 0 Å². The molecule has 4 heteroatoms. The summed E-state index contributed by atoms with van der Waals surface area (Å²) in [6, 6.07) is 0. The van der Waals surface area contributed by atoms with E-state index in [1.54, 1.807) is 0 Å². The zero-order valence-corrected chi connectivity index (χ0v) is 8.70. The third-order valence-corrected chi connectivity index (χ3v) is 2.90. The van der Waals surface area contributed by atoms with Gasteiger partial charge in [0.25, 0.3) is 0 Å². The van der Waals surface area contributed by atoms with E-state index in [0.29, 0.717) is 0 Å². The fourth-order valence-corrected chi connectivity index (χ4v) is 2.04. The molecule has 1 N–H and O–H groups in total. The van der Waals surface area contributed by atoms with Crippen LogP contribution in [0.3, 0.4) is 0 Å². The van der Waals surface area contributed by atoms with E-state index < -0.39 is 17.5 Å². The summed E-state index contributed by atoms with van der Waals surface area (Å²) in [6.07, 6.45) is 6.52. The van der Waals surface area contributed by atoms with Crippen LogP contribution in [0, 0.1) is 5.92 Å². The van der Waals surface area contributed by atoms with Gasteiger partial charge in [-0.3, -0.25) is 9.59 Å². The summed E-state index contributed by atoms with van der Waals surface area (Å²) in [7, 11) is 0. The molecule has 0 radical (unpaired) electrons. The lowest BCUT2D eigenvalue weighted by Crippen LogP contribution is -2.25. The maximum Gasteiger partial charge on any atom is 0.380 e. The molecule has 1 aliphatic carbocycles. The van der Waals surface area contributed by atoms with Gasteiger partial charge in [-0.05, 0) is 5.92 Å². The van der Waals surface area contributed by atoms with Crippen molar-refractivity contribution in [3.63, 3.8) is 0 Å². The molecule has 0 saturated heterocycles. The lowest BCUT2D eigenvalue weighted by molar-refractivity contribution is -0.153. The molecule has 1 aliphatic rings. The van der Waals surface area contributed by atoms with Crippen LogP contribution in [0.4, 0.5) is 0 Å². The predicted octanol–water partition coefficient (Wildman–Crippen LogP) is 1.57. The maximum absolute atomic E-state index is 11.2. The predicted molar refractivity (Wildman–Crippen MR) is 53.5 cm³/mol. The van der Waals surface area contributed by atoms with Gasteiger partial charge in [0, 0.05) is 6.42 Å². The second-order valence-corrected chi connectivity index (χ2v) is 4.12. The number of carbonyl (C=O) groups excluding carboxylic acids is 2. The molecule has 15 heavy (non-hydrogen) atoms. The van der Waals surface area contributed by atoms with Gasteiger partial charge < -0.3 is 5.11 Å². The van der Waals surface area contributed by atoms with E-state index in [9.17, 15) is 14.4 Å². The summed E-state index contributed by atoms with van der Waals surface area (Å²) in [5, 5.41) is 8.37. The topological polar surface area (TPSA) is 71.4 Å². The van der Waals surface area contributed by atoms with Gasteiger partial charge >= 0.3 is 11.8 Å². The standard InChI is InChI=1S/C11H16O4/c12-9(10(13)11(14)15)7-8-5-3-1-2-4-6-8/h8H,1-7H2,(H,14,15). The average Bonchev–Trinajstić information content (AvgIpc) is 2.45. The molecule has 0 aromatic rings. The second kappa shape index (κ2) is 5.63. The highest BCUT2D eigenvalue weighted by Gasteiger charge is 2.25. The molecule has 0 atom stereocenters. The monoisotopic (exact) mass is 212 g/mol. The highest BCUT2D eigenvalue weighted by atomic mass is 16.4. The summed E-state index contributed by atoms with van der Waals surface area (Å²) in [5.74, 6) is -3.43. The highest BCUT2D eigenvalue weighted by molar-refractivity contribution is 6.61. The minimum Gasteiger partial charge on any atom is -0.475 e. The number of hydrogen-bond donors (Lipinski definition) is 1. The normalized spacial score (nSPS) is 18.1. The number of aliphatic carboxylic acids is 1. The van der Waals surface area contributed by atoms with Crippen LogP contribution in [0.2, 0.25) is 0 Å². The molecule has 1 fully saturated rings. The van der Waals surface area contributed by atoms with Crippen LogP contribution in [0.15, 0.2) is 0 Å². The Bertz CT molecular complexity index is 262. The van der Waals surface area contributed by atoms with Gasteiger partial charge in [0.05, 0.1) is 0 Å². The molecule has 0 aliphatic heterocycles. The van der Waals surface area contributed by atoms with E-state index >= 15 is 0 Å². The third-order valence-electron chi connectivity index (χ3n) is 2.90. The van der Waals surface area contributed by atoms with Gasteiger partial charge in [-0.15, -0.1) is 0 Å². The molecule has 0 heterocycles. The quantitative estimate of drug-likeness (QED) is 0.436. The Morgan fingerprint density at radius 2 is 1.53 bits per heavy atom. The Morgan fingerprint density at radius 1 is 1.00 bits per heavy atom. The first kappa shape index (κ1) is 11.9. The molecular weight excluding hydrogens is 196 g/mol. The van der Waals surface area contributed by atoms with E-state index in [1.165, 1.54) is 12.8 Å². The maximum atomic E-state index is 11.2. The molecule has 0 amide bonds. The van der Waals surface area contributed by atoms with Crippen molar-refractivity contribution in [1.29, 1.82) is 0 Å². The zero-order valence-electron chi connectivity index (χ0n) is 8.70. The van der Waals surface area contributed by atoms with Gasteiger partial charge in [-0.2, -0.15) is 0 Å². The molecule has 0 aromatic carbocycles. The van der Waals surface area contributed by atoms with Crippen LogP contribution in [0.25, 0.3) is 0 Å². The van der Waals surface area contributed by atoms with Gasteiger partial charge in [0.1, 0.15) is 0 Å². The number of Topliss-reactive ketones (excluding diaryl/α,β-unsaturated/α-hetero) is 2. The number of ketones is 2. The van der Waals surface area contributed by atoms with Crippen molar-refractivity contribution in [1.82, 2.24) is 0 Å². The highest BCUT2D eigenvalue weighted by Crippen LogP contribution is 2.25. The van der Waals surface area contributed by atoms with E-state index in [0.717, 1.165) is 25.7 Å². The SMILES string of the molecule is O=C(O)C(=O)C(=O)CC1CCCCCC1. The van der Waals surface area contributed by atoms with Crippen molar-refractivity contribution < 1.29 is 19.5 Å². The first-order valence-corrected chi connectivity index (χ1v) is 5.41. The first-order chi connectivity index (χ1) is 7.11. The Balaban J connectivity index is 2.42. The van der Waals surface area contributed by atoms with E-state index in [-0.39, 0.29) is 12.3 Å². The molecule has 84 valence electrons. The van der Waals surface area contributed by atoms with Gasteiger partial charge in [-0.1, -0.05) is 38.5 Å². The molecule has 1 rings (SSSR count). The Morgan fingerprint density at radius 3 is 2.00 bits per heavy atom. The number of carboxylic acid groups (broad SMARTS) is 1. The van der Waals surface area contributed by atoms with Gasteiger partial charge in [0.15, 0.2) is 0 Å². The minimum atomic E-state index is -1.63. The molecule has 1 saturated carbocycles. The van der Waals surface area contributed by atoms with Crippen LogP contribution in [0.1, 0.15) is 44.9 Å². The lowest BCUT2D eigenvalue weighted by Gasteiger charge is -2.10. The van der Waals surface area contributed by atoms with Crippen molar-refractivity contribution >= 4 is 17.5 Å². The molecule has 0 bridgehead atoms. The second-order valence-electron chi connectivity index (χ2n) is 4.12. The molecule has 0 unspecified atom stereocenters. The number of carboxylic acids is 1. The average molecular weight is 212 g/mol. The Kier molecular flexibility index (Phi) is 4.46. The third kappa shape index (κ3) is 3.81. The van der Waals surface area contributed by atoms with Gasteiger partial charge in [-0.25, -0.2) is 4.79 Å². The summed E-state index contributed by atoms with van der Waals surface area (Å²) >= 11 is 0. The number of hydrogen-bond acceptors (Lipinski definition) is 3. The fraction of sp³-hybridized carbons (Fsp3) is 0.727. The zero-order chi connectivity index (χ0) is 11.3. The lowest BCUT2D eigenvalue weighted by atomic mass is 9.93. The smallest absolute Gasteiger partial charge is 0.380 e. The van der Waals surface area contributed by atoms with E-state index in [1.807, 2.05) is 0 Å². The van der Waals surface area contributed by atoms with Crippen LogP contribution >= 0.6 is 0 Å². The number of carbonyl (C=O) groups is 3. The van der Waals surface area contributed by atoms with Crippen LogP contribution in [0.5, 0.6) is 0 Å². The van der Waals surface area contributed by atoms with Crippen molar-refractivity contribution in [2.24, 2.45) is 5.92 Å². The van der Waals surface area contributed by atoms with Crippen molar-refractivity contribution in [3.05, 3.63) is 0 Å². The first-order valence-electron chi connectivity index (χ1n) is 5.41. The summed E-state index contributed by atoms with van der Waals surface area (Å²) in [5.41, 5.74) is 0. The van der Waals surface area contributed by atoms with E-state index in [2.05, 4.69) is 0 Å². The largest absolute Gasteiger partial charge is 0.475 e. The Hall–Kier alpha value is -1.19. The van der Waals surface area contributed by atoms with Gasteiger partial charge in [0.2, 0.25) is 5.78 Å². The minimum absolute atomic E-state index is 0.116. The molecule has 0 aromatic heterocycles. The van der Waals surface area contributed by atoms with Crippen molar-refractivity contribution in [2.45, 2.75) is 44.9 Å². The Labute approximate surface area is 88.7 Å². The molecular formula is C11H16O4. The van der Waals surface area contributed by atoms with Crippen LogP contribution in [-0.4, -0.2) is 22.6 Å². The molecule has 0 spiro atoms. The van der Waals surface area contributed by atoms with E-state index in [4.69, 9.17) is 5.11 Å². The number of rotatable bonds is 4. The van der Waals surface area contributed by atoms with Crippen LogP contribution in [-0.2, 0) is 14.4 Å². The summed E-state index contributed by atoms with van der Waals surface area (Å²) < 4.78 is 0. The summed E-state index contributed by atoms with van der Waals surface area (Å²) in [4.78, 5) is 32.4. The summed E-state index contributed by atoms with van der Waals surface area (Å²) in [6.45, 7) is 0.